The number of halogens is 3. The Balaban J connectivity index is 1.54. The monoisotopic (exact) mass is 372 g/mol. The van der Waals surface area contributed by atoms with Gasteiger partial charge in [0, 0.05) is 12.3 Å². The summed E-state index contributed by atoms with van der Waals surface area (Å²) in [6.45, 7) is 2.70. The van der Waals surface area contributed by atoms with Crippen LogP contribution in [-0.2, 0) is 12.6 Å². The van der Waals surface area contributed by atoms with Crippen LogP contribution in [0.25, 0.3) is 0 Å². The minimum atomic E-state index is -4.43. The molecule has 1 saturated heterocycles. The van der Waals surface area contributed by atoms with Gasteiger partial charge in [-0.3, -0.25) is 4.79 Å². The van der Waals surface area contributed by atoms with Gasteiger partial charge < -0.3 is 9.64 Å². The van der Waals surface area contributed by atoms with E-state index < -0.39 is 11.7 Å². The zero-order valence-corrected chi connectivity index (χ0v) is 14.1. The molecule has 3 heterocycles. The number of nitrogens with zero attached hydrogens (tertiary/aromatic N) is 4. The molecule has 10 heteroatoms. The fourth-order valence-corrected chi connectivity index (χ4v) is 3.06. The third kappa shape index (κ3) is 3.89. The van der Waals surface area contributed by atoms with Gasteiger partial charge in [-0.25, -0.2) is 4.98 Å². The Morgan fingerprint density at radius 3 is 2.76 bits per heavy atom. The van der Waals surface area contributed by atoms with Crippen molar-refractivity contribution in [1.82, 2.24) is 19.5 Å². The lowest BCUT2D eigenvalue weighted by molar-refractivity contribution is -0.137. The average Bonchev–Trinajstić information content (AvgIpc) is 2.98. The summed E-state index contributed by atoms with van der Waals surface area (Å²) in [6, 6.07) is 2.10. The fraction of sp³-hybridized carbons (Fsp3) is 0.467. The minimum absolute atomic E-state index is 0.108. The van der Waals surface area contributed by atoms with Gasteiger partial charge in [0.15, 0.2) is 0 Å². The molecular formula is C15H15F3N4O2S. The number of hydrogen-bond acceptors (Lipinski definition) is 6. The molecule has 1 aliphatic rings. The first-order valence-electron chi connectivity index (χ1n) is 7.69. The molecule has 0 radical (unpaired) electrons. The molecule has 1 fully saturated rings. The van der Waals surface area contributed by atoms with Gasteiger partial charge in [-0.15, -0.1) is 5.10 Å². The van der Waals surface area contributed by atoms with Crippen LogP contribution in [0.2, 0.25) is 0 Å². The number of aryl methyl sites for hydroxylation is 1. The summed E-state index contributed by atoms with van der Waals surface area (Å²) in [5.74, 6) is -0.0325. The molecule has 3 rings (SSSR count). The number of alkyl halides is 3. The Morgan fingerprint density at radius 2 is 2.16 bits per heavy atom. The lowest BCUT2D eigenvalue weighted by atomic mass is 10.1. The number of ether oxygens (including phenoxy) is 1. The van der Waals surface area contributed by atoms with Crippen LogP contribution in [0.5, 0.6) is 5.88 Å². The number of rotatable bonds is 5. The van der Waals surface area contributed by atoms with E-state index in [9.17, 15) is 18.0 Å². The lowest BCUT2D eigenvalue weighted by Crippen LogP contribution is -2.56. The van der Waals surface area contributed by atoms with Gasteiger partial charge in [-0.05, 0) is 24.0 Å². The number of hydrogen-bond donors (Lipinski definition) is 0. The third-order valence-electron chi connectivity index (χ3n) is 3.72. The van der Waals surface area contributed by atoms with Gasteiger partial charge >= 0.3 is 6.18 Å². The van der Waals surface area contributed by atoms with Crippen LogP contribution < -0.4 is 4.74 Å². The van der Waals surface area contributed by atoms with Crippen LogP contribution in [0.1, 0.15) is 34.3 Å². The molecule has 0 unspecified atom stereocenters. The summed E-state index contributed by atoms with van der Waals surface area (Å²) >= 11 is 1.07. The number of likely N-dealkylation sites (tertiary alicyclic amines) is 1. The molecule has 2 aromatic heterocycles. The second-order valence-corrected chi connectivity index (χ2v) is 6.39. The van der Waals surface area contributed by atoms with Crippen LogP contribution in [0, 0.1) is 0 Å². The molecule has 1 aliphatic heterocycles. The second kappa shape index (κ2) is 6.95. The smallest absolute Gasteiger partial charge is 0.417 e. The Labute approximate surface area is 145 Å². The lowest BCUT2D eigenvalue weighted by Gasteiger charge is -2.38. The Morgan fingerprint density at radius 1 is 1.40 bits per heavy atom. The molecule has 6 nitrogen and oxygen atoms in total. The van der Waals surface area contributed by atoms with Crippen molar-refractivity contribution in [3.8, 4) is 5.88 Å². The summed E-state index contributed by atoms with van der Waals surface area (Å²) in [5.41, 5.74) is -0.127. The summed E-state index contributed by atoms with van der Waals surface area (Å²) in [5, 5.41) is 3.97. The van der Waals surface area contributed by atoms with Crippen LogP contribution in [0.3, 0.4) is 0 Å². The van der Waals surface area contributed by atoms with Gasteiger partial charge in [-0.2, -0.15) is 13.2 Å². The molecule has 134 valence electrons. The number of carbonyl (C=O) groups excluding carboxylic acids is 1. The zero-order chi connectivity index (χ0) is 18.0. The molecule has 2 aromatic rings. The first kappa shape index (κ1) is 17.6. The van der Waals surface area contributed by atoms with Gasteiger partial charge in [0.05, 0.1) is 24.3 Å². The van der Waals surface area contributed by atoms with Gasteiger partial charge in [-0.1, -0.05) is 17.8 Å². The van der Waals surface area contributed by atoms with Crippen molar-refractivity contribution in [2.45, 2.75) is 32.0 Å². The topological polar surface area (TPSA) is 68.2 Å². The van der Waals surface area contributed by atoms with E-state index in [1.54, 1.807) is 4.90 Å². The average molecular weight is 372 g/mol. The first-order valence-corrected chi connectivity index (χ1v) is 8.46. The van der Waals surface area contributed by atoms with Crippen molar-refractivity contribution >= 4 is 17.4 Å². The Bertz CT molecular complexity index is 742. The summed E-state index contributed by atoms with van der Waals surface area (Å²) in [7, 11) is 0. The van der Waals surface area contributed by atoms with Gasteiger partial charge in [0.25, 0.3) is 5.91 Å². The maximum Gasteiger partial charge on any atom is 0.417 e. The van der Waals surface area contributed by atoms with Crippen molar-refractivity contribution in [2.24, 2.45) is 0 Å². The Hall–Kier alpha value is -2.23. The summed E-state index contributed by atoms with van der Waals surface area (Å²) < 4.78 is 46.8. The van der Waals surface area contributed by atoms with Crippen LogP contribution in [0.4, 0.5) is 13.2 Å². The number of carbonyl (C=O) groups is 1. The number of aromatic nitrogens is 3. The molecule has 0 spiro atoms. The number of amides is 1. The first-order chi connectivity index (χ1) is 11.9. The third-order valence-corrected chi connectivity index (χ3v) is 4.48. The van der Waals surface area contributed by atoms with Crippen LogP contribution in [-0.4, -0.2) is 44.6 Å². The van der Waals surface area contributed by atoms with Crippen LogP contribution >= 0.6 is 11.5 Å². The highest BCUT2D eigenvalue weighted by Crippen LogP contribution is 2.29. The van der Waals surface area contributed by atoms with Crippen molar-refractivity contribution in [3.05, 3.63) is 34.5 Å². The molecule has 0 aliphatic carbocycles. The SMILES string of the molecule is CCCc1nnsc1C(=O)N1CC(Oc2ccc(C(F)(F)F)cn2)C1. The molecule has 0 bridgehead atoms. The highest BCUT2D eigenvalue weighted by molar-refractivity contribution is 7.08. The predicted molar refractivity (Wildman–Crippen MR) is 83.5 cm³/mol. The highest BCUT2D eigenvalue weighted by Gasteiger charge is 2.35. The molecule has 0 atom stereocenters. The molecule has 1 amide bonds. The Kier molecular flexibility index (Phi) is 4.89. The normalized spacial score (nSPS) is 15.1. The predicted octanol–water partition coefficient (Wildman–Crippen LogP) is 2.81. The van der Waals surface area contributed by atoms with E-state index in [-0.39, 0.29) is 17.9 Å². The van der Waals surface area contributed by atoms with E-state index in [1.807, 2.05) is 6.92 Å². The fourth-order valence-electron chi connectivity index (χ4n) is 2.38. The van der Waals surface area contributed by atoms with Crippen molar-refractivity contribution < 1.29 is 22.7 Å². The highest BCUT2D eigenvalue weighted by atomic mass is 32.1. The molecule has 0 saturated carbocycles. The van der Waals surface area contributed by atoms with E-state index in [4.69, 9.17) is 4.74 Å². The van der Waals surface area contributed by atoms with E-state index in [0.29, 0.717) is 30.1 Å². The largest absolute Gasteiger partial charge is 0.471 e. The zero-order valence-electron chi connectivity index (χ0n) is 13.3. The van der Waals surface area contributed by atoms with Gasteiger partial charge in [0.1, 0.15) is 11.0 Å². The minimum Gasteiger partial charge on any atom is -0.471 e. The quantitative estimate of drug-likeness (QED) is 0.807. The summed E-state index contributed by atoms with van der Waals surface area (Å²) in [4.78, 5) is 18.2. The summed E-state index contributed by atoms with van der Waals surface area (Å²) in [6.07, 6.45) is -2.41. The standard InChI is InChI=1S/C15H15F3N4O2S/c1-2-3-11-13(25-21-20-11)14(23)22-7-10(8-22)24-12-5-4-9(6-19-12)15(16,17)18/h4-6,10H,2-3,7-8H2,1H3. The maximum atomic E-state index is 12.5. The van der Waals surface area contributed by atoms with E-state index in [0.717, 1.165) is 30.2 Å². The number of pyridine rings is 1. The van der Waals surface area contributed by atoms with Gasteiger partial charge in [0.2, 0.25) is 5.88 Å². The van der Waals surface area contributed by atoms with E-state index >= 15 is 0 Å². The maximum absolute atomic E-state index is 12.5. The van der Waals surface area contributed by atoms with Crippen LogP contribution in [0.15, 0.2) is 18.3 Å². The molecule has 25 heavy (non-hydrogen) atoms. The molecule has 0 N–H and O–H groups in total. The second-order valence-electron chi connectivity index (χ2n) is 5.63. The van der Waals surface area contributed by atoms with Crippen molar-refractivity contribution in [1.29, 1.82) is 0 Å². The van der Waals surface area contributed by atoms with Crippen molar-refractivity contribution in [3.63, 3.8) is 0 Å². The van der Waals surface area contributed by atoms with E-state index in [1.165, 1.54) is 6.07 Å². The van der Waals surface area contributed by atoms with Crippen molar-refractivity contribution in [2.75, 3.05) is 13.1 Å². The molecule has 0 aromatic carbocycles. The molecular weight excluding hydrogens is 357 g/mol. The van der Waals surface area contributed by atoms with E-state index in [2.05, 4.69) is 14.6 Å².